The van der Waals surface area contributed by atoms with Crippen LogP contribution in [0, 0.1) is 0 Å². The van der Waals surface area contributed by atoms with E-state index in [4.69, 9.17) is 5.73 Å². The standard InChI is InChI=1S/C12H15N3O/c1-8(15-12(13)16)6-9-7-14-11-5-3-2-4-10(9)11/h2-5,7-8,14H,6H2,1H3,(H3,13,15,16)/t8-/m0/s1. The van der Waals surface area contributed by atoms with Gasteiger partial charge in [-0.1, -0.05) is 18.2 Å². The van der Waals surface area contributed by atoms with Gasteiger partial charge in [-0.15, -0.1) is 0 Å². The number of aromatic nitrogens is 1. The van der Waals surface area contributed by atoms with Gasteiger partial charge in [0.15, 0.2) is 0 Å². The summed E-state index contributed by atoms with van der Waals surface area (Å²) in [4.78, 5) is 13.9. The first-order valence-electron chi connectivity index (χ1n) is 5.28. The van der Waals surface area contributed by atoms with Gasteiger partial charge in [0.2, 0.25) is 0 Å². The number of amides is 2. The number of nitrogens with two attached hydrogens (primary N) is 1. The lowest BCUT2D eigenvalue weighted by Gasteiger charge is -2.10. The molecule has 1 atom stereocenters. The van der Waals surface area contributed by atoms with Gasteiger partial charge < -0.3 is 16.0 Å². The van der Waals surface area contributed by atoms with Crippen LogP contribution < -0.4 is 11.1 Å². The molecule has 1 aromatic carbocycles. The number of nitrogens with one attached hydrogen (secondary N) is 2. The predicted octanol–water partition coefficient (Wildman–Crippen LogP) is 1.77. The van der Waals surface area contributed by atoms with Crippen molar-refractivity contribution in [3.05, 3.63) is 36.0 Å². The van der Waals surface area contributed by atoms with Crippen LogP contribution in [0.15, 0.2) is 30.5 Å². The van der Waals surface area contributed by atoms with Crippen molar-refractivity contribution in [2.75, 3.05) is 0 Å². The van der Waals surface area contributed by atoms with Crippen LogP contribution in [0.5, 0.6) is 0 Å². The highest BCUT2D eigenvalue weighted by Gasteiger charge is 2.08. The van der Waals surface area contributed by atoms with E-state index in [1.165, 1.54) is 10.9 Å². The summed E-state index contributed by atoms with van der Waals surface area (Å²) in [6.45, 7) is 1.94. The number of fused-ring (bicyclic) bond motifs is 1. The number of para-hydroxylation sites is 1. The van der Waals surface area contributed by atoms with Gasteiger partial charge in [-0.05, 0) is 25.0 Å². The average molecular weight is 217 g/mol. The zero-order valence-corrected chi connectivity index (χ0v) is 9.16. The van der Waals surface area contributed by atoms with Gasteiger partial charge in [0.25, 0.3) is 0 Å². The first kappa shape index (κ1) is 10.5. The van der Waals surface area contributed by atoms with Crippen LogP contribution >= 0.6 is 0 Å². The minimum absolute atomic E-state index is 0.0386. The highest BCUT2D eigenvalue weighted by Crippen LogP contribution is 2.18. The molecule has 0 radical (unpaired) electrons. The molecule has 0 aliphatic rings. The van der Waals surface area contributed by atoms with Gasteiger partial charge in [-0.2, -0.15) is 0 Å². The van der Waals surface area contributed by atoms with E-state index < -0.39 is 6.03 Å². The molecular weight excluding hydrogens is 202 g/mol. The van der Waals surface area contributed by atoms with Crippen LogP contribution in [-0.2, 0) is 6.42 Å². The second kappa shape index (κ2) is 4.26. The summed E-state index contributed by atoms with van der Waals surface area (Å²) in [5.41, 5.74) is 7.38. The average Bonchev–Trinajstić information content (AvgIpc) is 2.61. The molecule has 16 heavy (non-hydrogen) atoms. The topological polar surface area (TPSA) is 70.9 Å². The number of primary amides is 1. The normalized spacial score (nSPS) is 12.6. The van der Waals surface area contributed by atoms with Crippen molar-refractivity contribution in [3.63, 3.8) is 0 Å². The lowest BCUT2D eigenvalue weighted by atomic mass is 10.1. The molecule has 0 bridgehead atoms. The molecule has 0 aliphatic heterocycles. The van der Waals surface area contributed by atoms with Crippen molar-refractivity contribution < 1.29 is 4.79 Å². The summed E-state index contributed by atoms with van der Waals surface area (Å²) in [5.74, 6) is 0. The van der Waals surface area contributed by atoms with Gasteiger partial charge in [0.05, 0.1) is 0 Å². The Labute approximate surface area is 93.8 Å². The fourth-order valence-corrected chi connectivity index (χ4v) is 1.92. The van der Waals surface area contributed by atoms with Crippen molar-refractivity contribution in [2.24, 2.45) is 5.73 Å². The van der Waals surface area contributed by atoms with Crippen molar-refractivity contribution >= 4 is 16.9 Å². The van der Waals surface area contributed by atoms with Crippen LogP contribution in [0.1, 0.15) is 12.5 Å². The highest BCUT2D eigenvalue weighted by molar-refractivity contribution is 5.83. The summed E-state index contributed by atoms with van der Waals surface area (Å²) in [7, 11) is 0. The van der Waals surface area contributed by atoms with E-state index in [2.05, 4.69) is 16.4 Å². The molecule has 1 aromatic heterocycles. The molecule has 4 N–H and O–H groups in total. The van der Waals surface area contributed by atoms with Crippen molar-refractivity contribution in [1.82, 2.24) is 10.3 Å². The van der Waals surface area contributed by atoms with Crippen molar-refractivity contribution in [2.45, 2.75) is 19.4 Å². The van der Waals surface area contributed by atoms with E-state index in [9.17, 15) is 4.79 Å². The zero-order valence-electron chi connectivity index (χ0n) is 9.16. The number of urea groups is 1. The van der Waals surface area contributed by atoms with E-state index in [0.717, 1.165) is 11.9 Å². The number of benzene rings is 1. The number of H-pyrrole nitrogens is 1. The number of carbonyl (C=O) groups excluding carboxylic acids is 1. The number of rotatable bonds is 3. The maximum Gasteiger partial charge on any atom is 0.312 e. The third-order valence-electron chi connectivity index (χ3n) is 2.59. The predicted molar refractivity (Wildman–Crippen MR) is 64.2 cm³/mol. The SMILES string of the molecule is C[C@@H](Cc1c[nH]c2ccccc12)NC(N)=O. The largest absolute Gasteiger partial charge is 0.361 e. The third-order valence-corrected chi connectivity index (χ3v) is 2.59. The molecule has 2 aromatic rings. The molecule has 4 heteroatoms. The Morgan fingerprint density at radius 1 is 1.50 bits per heavy atom. The molecule has 2 rings (SSSR count). The van der Waals surface area contributed by atoms with Gasteiger partial charge in [-0.3, -0.25) is 0 Å². The number of hydrogen-bond donors (Lipinski definition) is 3. The van der Waals surface area contributed by atoms with Crippen LogP contribution in [0.25, 0.3) is 10.9 Å². The fourth-order valence-electron chi connectivity index (χ4n) is 1.92. The smallest absolute Gasteiger partial charge is 0.312 e. The maximum atomic E-state index is 10.7. The minimum Gasteiger partial charge on any atom is -0.361 e. The molecular formula is C12H15N3O. The van der Waals surface area contributed by atoms with Crippen LogP contribution in [-0.4, -0.2) is 17.1 Å². The second-order valence-electron chi connectivity index (χ2n) is 3.97. The number of hydrogen-bond acceptors (Lipinski definition) is 1. The molecule has 0 unspecified atom stereocenters. The van der Waals surface area contributed by atoms with E-state index >= 15 is 0 Å². The van der Waals surface area contributed by atoms with Crippen molar-refractivity contribution in [1.29, 1.82) is 0 Å². The monoisotopic (exact) mass is 217 g/mol. The molecule has 0 spiro atoms. The van der Waals surface area contributed by atoms with E-state index in [-0.39, 0.29) is 6.04 Å². The third kappa shape index (κ3) is 2.16. The highest BCUT2D eigenvalue weighted by atomic mass is 16.2. The first-order valence-corrected chi connectivity index (χ1v) is 5.28. The van der Waals surface area contributed by atoms with E-state index in [0.29, 0.717) is 0 Å². The summed E-state index contributed by atoms with van der Waals surface area (Å²) in [5, 5.41) is 3.87. The summed E-state index contributed by atoms with van der Waals surface area (Å²) in [6, 6.07) is 7.66. The molecule has 0 saturated heterocycles. The van der Waals surface area contributed by atoms with Gasteiger partial charge >= 0.3 is 6.03 Å². The van der Waals surface area contributed by atoms with Crippen LogP contribution in [0.2, 0.25) is 0 Å². The molecule has 84 valence electrons. The lowest BCUT2D eigenvalue weighted by Crippen LogP contribution is -2.37. The summed E-state index contributed by atoms with van der Waals surface area (Å²) in [6.07, 6.45) is 2.75. The first-order chi connectivity index (χ1) is 7.66. The molecule has 0 saturated carbocycles. The summed E-state index contributed by atoms with van der Waals surface area (Å²) >= 11 is 0. The molecule has 0 aliphatic carbocycles. The second-order valence-corrected chi connectivity index (χ2v) is 3.97. The zero-order chi connectivity index (χ0) is 11.5. The van der Waals surface area contributed by atoms with Crippen LogP contribution in [0.3, 0.4) is 0 Å². The Balaban J connectivity index is 2.18. The van der Waals surface area contributed by atoms with E-state index in [1.807, 2.05) is 31.3 Å². The number of carbonyl (C=O) groups is 1. The summed E-state index contributed by atoms with van der Waals surface area (Å²) < 4.78 is 0. The van der Waals surface area contributed by atoms with E-state index in [1.54, 1.807) is 0 Å². The fraction of sp³-hybridized carbons (Fsp3) is 0.250. The Kier molecular flexibility index (Phi) is 2.81. The molecule has 1 heterocycles. The minimum atomic E-state index is -0.479. The molecule has 4 nitrogen and oxygen atoms in total. The molecule has 2 amide bonds. The van der Waals surface area contributed by atoms with Gasteiger partial charge in [0.1, 0.15) is 0 Å². The Morgan fingerprint density at radius 2 is 2.25 bits per heavy atom. The van der Waals surface area contributed by atoms with Crippen molar-refractivity contribution in [3.8, 4) is 0 Å². The lowest BCUT2D eigenvalue weighted by molar-refractivity contribution is 0.246. The Morgan fingerprint density at radius 3 is 3.00 bits per heavy atom. The quantitative estimate of drug-likeness (QED) is 0.720. The Hall–Kier alpha value is -1.97. The van der Waals surface area contributed by atoms with Gasteiger partial charge in [-0.25, -0.2) is 4.79 Å². The molecule has 0 fully saturated rings. The number of aromatic amines is 1. The maximum absolute atomic E-state index is 10.7. The Bertz CT molecular complexity index is 504. The van der Waals surface area contributed by atoms with Crippen LogP contribution in [0.4, 0.5) is 4.79 Å². The van der Waals surface area contributed by atoms with Gasteiger partial charge in [0, 0.05) is 23.1 Å².